The van der Waals surface area contributed by atoms with Crippen molar-refractivity contribution in [1.82, 2.24) is 4.98 Å². The molecule has 1 aromatic heterocycles. The lowest BCUT2D eigenvalue weighted by atomic mass is 10.3. The van der Waals surface area contributed by atoms with Gasteiger partial charge in [-0.05, 0) is 6.07 Å². The molecule has 1 heterocycles. The minimum atomic E-state index is -4.94. The lowest BCUT2D eigenvalue weighted by Gasteiger charge is -2.10. The van der Waals surface area contributed by atoms with Crippen LogP contribution in [0.2, 0.25) is 5.02 Å². The van der Waals surface area contributed by atoms with E-state index in [0.29, 0.717) is 0 Å². The van der Waals surface area contributed by atoms with Crippen LogP contribution in [0.4, 0.5) is 13.2 Å². The van der Waals surface area contributed by atoms with Gasteiger partial charge >= 0.3 is 12.3 Å². The summed E-state index contributed by atoms with van der Waals surface area (Å²) < 4.78 is 43.6. The zero-order valence-electron chi connectivity index (χ0n) is 7.84. The summed E-state index contributed by atoms with van der Waals surface area (Å²) in [6.45, 7) is 0. The molecule has 0 aliphatic carbocycles. The van der Waals surface area contributed by atoms with Gasteiger partial charge in [-0.15, -0.1) is 13.2 Å². The summed E-state index contributed by atoms with van der Waals surface area (Å²) in [5.74, 6) is -1.92. The summed E-state index contributed by atoms with van der Waals surface area (Å²) in [5.41, 5.74) is -0.493. The number of nitrogens with zero attached hydrogens (tertiary/aromatic N) is 1. The molecule has 0 bridgehead atoms. The van der Waals surface area contributed by atoms with E-state index in [2.05, 4.69) is 14.5 Å². The molecule has 0 fully saturated rings. The third-order valence-electron chi connectivity index (χ3n) is 1.44. The van der Waals surface area contributed by atoms with E-state index in [1.54, 1.807) is 0 Å². The van der Waals surface area contributed by atoms with Crippen molar-refractivity contribution in [2.45, 2.75) is 6.36 Å². The Morgan fingerprint density at radius 2 is 2.12 bits per heavy atom. The summed E-state index contributed by atoms with van der Waals surface area (Å²) in [7, 11) is 1.01. The number of pyridine rings is 1. The highest BCUT2D eigenvalue weighted by Crippen LogP contribution is 2.26. The lowest BCUT2D eigenvalue weighted by Crippen LogP contribution is -2.20. The smallest absolute Gasteiger partial charge is 0.465 e. The van der Waals surface area contributed by atoms with Gasteiger partial charge in [0.25, 0.3) is 0 Å². The standard InChI is InChI=1S/C8H5ClF3NO3/c1-15-7(14)5-2-4(9)3-13-6(5)16-8(10,11)12/h2-3H,1H3. The van der Waals surface area contributed by atoms with Crippen molar-refractivity contribution in [2.24, 2.45) is 0 Å². The fourth-order valence-corrected chi connectivity index (χ4v) is 1.03. The van der Waals surface area contributed by atoms with Crippen molar-refractivity contribution in [3.05, 3.63) is 22.8 Å². The molecule has 4 nitrogen and oxygen atoms in total. The Labute approximate surface area is 92.9 Å². The van der Waals surface area contributed by atoms with Crippen molar-refractivity contribution < 1.29 is 27.4 Å². The molecule has 0 N–H and O–H groups in total. The molecule has 16 heavy (non-hydrogen) atoms. The second-order valence-corrected chi connectivity index (χ2v) is 2.98. The highest BCUT2D eigenvalue weighted by atomic mass is 35.5. The molecular formula is C8H5ClF3NO3. The van der Waals surface area contributed by atoms with Crippen LogP contribution in [-0.2, 0) is 4.74 Å². The molecule has 0 atom stereocenters. The Balaban J connectivity index is 3.13. The van der Waals surface area contributed by atoms with Crippen LogP contribution in [0.15, 0.2) is 12.3 Å². The first-order chi connectivity index (χ1) is 7.33. The number of rotatable bonds is 2. The third kappa shape index (κ3) is 3.27. The summed E-state index contributed by atoms with van der Waals surface area (Å²) in [4.78, 5) is 14.4. The van der Waals surface area contributed by atoms with Crippen LogP contribution in [0.1, 0.15) is 10.4 Å². The minimum Gasteiger partial charge on any atom is -0.465 e. The maximum absolute atomic E-state index is 11.9. The first-order valence-electron chi connectivity index (χ1n) is 3.83. The monoisotopic (exact) mass is 255 g/mol. The number of carbonyl (C=O) groups is 1. The van der Waals surface area contributed by atoms with Crippen molar-refractivity contribution in [2.75, 3.05) is 7.11 Å². The number of aromatic nitrogens is 1. The van der Waals surface area contributed by atoms with Gasteiger partial charge in [0.05, 0.1) is 12.1 Å². The summed E-state index contributed by atoms with van der Waals surface area (Å²) in [6, 6.07) is 0.974. The van der Waals surface area contributed by atoms with Gasteiger partial charge < -0.3 is 9.47 Å². The van der Waals surface area contributed by atoms with E-state index in [9.17, 15) is 18.0 Å². The minimum absolute atomic E-state index is 0.00470. The molecular weight excluding hydrogens is 251 g/mol. The van der Waals surface area contributed by atoms with Gasteiger partial charge in [0.15, 0.2) is 0 Å². The summed E-state index contributed by atoms with van der Waals surface area (Å²) in [5, 5.41) is -0.00470. The second kappa shape index (κ2) is 4.56. The normalized spacial score (nSPS) is 11.1. The third-order valence-corrected chi connectivity index (χ3v) is 1.64. The maximum Gasteiger partial charge on any atom is 0.574 e. The second-order valence-electron chi connectivity index (χ2n) is 2.55. The van der Waals surface area contributed by atoms with Crippen molar-refractivity contribution >= 4 is 17.6 Å². The van der Waals surface area contributed by atoms with Gasteiger partial charge in [-0.25, -0.2) is 9.78 Å². The van der Waals surface area contributed by atoms with Gasteiger partial charge in [0.1, 0.15) is 5.56 Å². The maximum atomic E-state index is 11.9. The summed E-state index contributed by atoms with van der Waals surface area (Å²) >= 11 is 5.48. The highest BCUT2D eigenvalue weighted by molar-refractivity contribution is 6.30. The Hall–Kier alpha value is -1.50. The quantitative estimate of drug-likeness (QED) is 0.762. The molecule has 0 radical (unpaired) electrons. The molecule has 0 unspecified atom stereocenters. The van der Waals surface area contributed by atoms with Crippen LogP contribution in [0, 0.1) is 0 Å². The molecule has 0 saturated heterocycles. The fourth-order valence-electron chi connectivity index (χ4n) is 0.874. The predicted octanol–water partition coefficient (Wildman–Crippen LogP) is 2.42. The number of methoxy groups -OCH3 is 1. The molecule has 1 aromatic rings. The Morgan fingerprint density at radius 1 is 1.50 bits per heavy atom. The number of hydrogen-bond donors (Lipinski definition) is 0. The van der Waals surface area contributed by atoms with E-state index in [1.165, 1.54) is 0 Å². The molecule has 0 aliphatic heterocycles. The Morgan fingerprint density at radius 3 is 2.62 bits per heavy atom. The number of halogens is 4. The van der Waals surface area contributed by atoms with Crippen LogP contribution in [0.3, 0.4) is 0 Å². The zero-order chi connectivity index (χ0) is 12.3. The number of hydrogen-bond acceptors (Lipinski definition) is 4. The van der Waals surface area contributed by atoms with Crippen LogP contribution >= 0.6 is 11.6 Å². The zero-order valence-corrected chi connectivity index (χ0v) is 8.59. The molecule has 1 rings (SSSR count). The van der Waals surface area contributed by atoms with Gasteiger partial charge in [-0.1, -0.05) is 11.6 Å². The van der Waals surface area contributed by atoms with Gasteiger partial charge in [0, 0.05) is 6.20 Å². The van der Waals surface area contributed by atoms with Crippen LogP contribution in [0.25, 0.3) is 0 Å². The Bertz CT molecular complexity index is 408. The fraction of sp³-hybridized carbons (Fsp3) is 0.250. The first-order valence-corrected chi connectivity index (χ1v) is 4.21. The Kier molecular flexibility index (Phi) is 3.58. The summed E-state index contributed by atoms with van der Waals surface area (Å²) in [6.07, 6.45) is -4.02. The van der Waals surface area contributed by atoms with E-state index >= 15 is 0 Å². The van der Waals surface area contributed by atoms with Crippen molar-refractivity contribution in [1.29, 1.82) is 0 Å². The van der Waals surface area contributed by atoms with Crippen molar-refractivity contribution in [3.63, 3.8) is 0 Å². The SMILES string of the molecule is COC(=O)c1cc(Cl)cnc1OC(F)(F)F. The van der Waals surface area contributed by atoms with E-state index in [-0.39, 0.29) is 5.02 Å². The molecule has 0 saturated carbocycles. The van der Waals surface area contributed by atoms with E-state index in [0.717, 1.165) is 19.4 Å². The van der Waals surface area contributed by atoms with Gasteiger partial charge in [-0.3, -0.25) is 0 Å². The number of alkyl halides is 3. The molecule has 0 spiro atoms. The number of ether oxygens (including phenoxy) is 2. The molecule has 0 amide bonds. The number of esters is 1. The molecule has 8 heteroatoms. The molecule has 0 aromatic carbocycles. The average Bonchev–Trinajstić information content (AvgIpc) is 2.17. The van der Waals surface area contributed by atoms with Crippen LogP contribution < -0.4 is 4.74 Å². The molecule has 88 valence electrons. The van der Waals surface area contributed by atoms with E-state index in [4.69, 9.17) is 11.6 Å². The topological polar surface area (TPSA) is 48.4 Å². The van der Waals surface area contributed by atoms with E-state index < -0.39 is 23.8 Å². The molecule has 0 aliphatic rings. The predicted molar refractivity (Wildman–Crippen MR) is 47.3 cm³/mol. The largest absolute Gasteiger partial charge is 0.574 e. The average molecular weight is 256 g/mol. The highest BCUT2D eigenvalue weighted by Gasteiger charge is 2.34. The van der Waals surface area contributed by atoms with Gasteiger partial charge in [0.2, 0.25) is 5.88 Å². The number of carbonyl (C=O) groups excluding carboxylic acids is 1. The lowest BCUT2D eigenvalue weighted by molar-refractivity contribution is -0.276. The van der Waals surface area contributed by atoms with Crippen molar-refractivity contribution in [3.8, 4) is 5.88 Å². The van der Waals surface area contributed by atoms with Crippen LogP contribution in [0.5, 0.6) is 5.88 Å². The van der Waals surface area contributed by atoms with E-state index in [1.807, 2.05) is 0 Å². The van der Waals surface area contributed by atoms with Gasteiger partial charge in [-0.2, -0.15) is 0 Å². The first kappa shape index (κ1) is 12.6. The van der Waals surface area contributed by atoms with Crippen LogP contribution in [-0.4, -0.2) is 24.4 Å².